The number of benzene rings is 1. The average molecular weight is 336 g/mol. The third-order valence-corrected chi connectivity index (χ3v) is 3.71. The van der Waals surface area contributed by atoms with Gasteiger partial charge in [0.25, 0.3) is 0 Å². The maximum absolute atomic E-state index is 11.9. The number of carbonyl (C=O) groups is 1. The number of carbonyl (C=O) groups excluding carboxylic acids is 1. The van der Waals surface area contributed by atoms with Crippen molar-refractivity contribution in [2.75, 3.05) is 7.11 Å². The van der Waals surface area contributed by atoms with Gasteiger partial charge in [-0.2, -0.15) is 0 Å². The lowest BCUT2D eigenvalue weighted by atomic mass is 10.0. The Balaban J connectivity index is 2.51. The molecule has 2 rings (SSSR count). The molecular weight excluding hydrogens is 318 g/mol. The van der Waals surface area contributed by atoms with Crippen molar-refractivity contribution in [1.82, 2.24) is 4.98 Å². The summed E-state index contributed by atoms with van der Waals surface area (Å²) in [7, 11) is 1.40. The van der Waals surface area contributed by atoms with Crippen LogP contribution in [0.4, 0.5) is 0 Å². The normalized spacial score (nSPS) is 11.1. The van der Waals surface area contributed by atoms with Crippen LogP contribution in [0.5, 0.6) is 0 Å². The summed E-state index contributed by atoms with van der Waals surface area (Å²) in [5.74, 6) is 0.251. The summed E-state index contributed by atoms with van der Waals surface area (Å²) in [6.07, 6.45) is 1.78. The minimum atomic E-state index is -0.321. The van der Waals surface area contributed by atoms with Gasteiger partial charge >= 0.3 is 5.97 Å². The predicted octanol–water partition coefficient (Wildman–Crippen LogP) is 4.37. The highest BCUT2D eigenvalue weighted by molar-refractivity contribution is 9.10. The Kier molecular flexibility index (Phi) is 4.76. The van der Waals surface area contributed by atoms with Crippen molar-refractivity contribution in [3.63, 3.8) is 0 Å². The number of pyridine rings is 1. The maximum Gasteiger partial charge on any atom is 0.339 e. The predicted molar refractivity (Wildman–Crippen MR) is 83.9 cm³/mol. The second-order valence-electron chi connectivity index (χ2n) is 5.24. The monoisotopic (exact) mass is 335 g/mol. The molecule has 1 heterocycles. The molecule has 0 fully saturated rings. The average Bonchev–Trinajstić information content (AvgIpc) is 2.43. The second-order valence-corrected chi connectivity index (χ2v) is 6.16. The van der Waals surface area contributed by atoms with Crippen LogP contribution in [-0.4, -0.2) is 18.1 Å². The number of halogens is 1. The highest BCUT2D eigenvalue weighted by atomic mass is 79.9. The van der Waals surface area contributed by atoms with E-state index in [0.29, 0.717) is 11.5 Å². The van der Waals surface area contributed by atoms with Gasteiger partial charge in [0.05, 0.1) is 23.9 Å². The first-order chi connectivity index (χ1) is 9.51. The first-order valence-corrected chi connectivity index (χ1v) is 7.48. The van der Waals surface area contributed by atoms with Gasteiger partial charge in [-0.3, -0.25) is 4.98 Å². The van der Waals surface area contributed by atoms with E-state index in [-0.39, 0.29) is 5.97 Å². The highest BCUT2D eigenvalue weighted by Gasteiger charge is 2.15. The van der Waals surface area contributed by atoms with Gasteiger partial charge in [-0.15, -0.1) is 0 Å². The lowest BCUT2D eigenvalue weighted by Crippen LogP contribution is -2.09. The molecule has 0 saturated heterocycles. The number of hydrogen-bond donors (Lipinski definition) is 0. The van der Waals surface area contributed by atoms with Crippen LogP contribution in [0.2, 0.25) is 0 Å². The molecule has 0 bridgehead atoms. The lowest BCUT2D eigenvalue weighted by Gasteiger charge is -2.10. The number of nitrogens with zero attached hydrogens (tertiary/aromatic N) is 1. The van der Waals surface area contributed by atoms with Crippen molar-refractivity contribution in [2.24, 2.45) is 5.92 Å². The van der Waals surface area contributed by atoms with E-state index in [9.17, 15) is 4.79 Å². The second kappa shape index (κ2) is 6.35. The molecule has 106 valence electrons. The quantitative estimate of drug-likeness (QED) is 0.778. The van der Waals surface area contributed by atoms with E-state index in [1.54, 1.807) is 0 Å². The van der Waals surface area contributed by atoms with E-state index in [1.807, 2.05) is 24.3 Å². The fourth-order valence-corrected chi connectivity index (χ4v) is 2.47. The molecular formula is C16H18BrNO2. The van der Waals surface area contributed by atoms with Gasteiger partial charge in [-0.1, -0.05) is 29.8 Å². The molecule has 0 spiro atoms. The number of esters is 1. The summed E-state index contributed by atoms with van der Waals surface area (Å²) in [5.41, 5.74) is 2.29. The van der Waals surface area contributed by atoms with Gasteiger partial charge in [0.2, 0.25) is 0 Å². The summed E-state index contributed by atoms with van der Waals surface area (Å²) >= 11 is 3.44. The maximum atomic E-state index is 11.9. The zero-order valence-corrected chi connectivity index (χ0v) is 13.5. The SMILES string of the molecule is COC(=O)c1cc2cc(Br)ccc2nc1CCC(C)C. The molecule has 0 N–H and O–H groups in total. The summed E-state index contributed by atoms with van der Waals surface area (Å²) < 4.78 is 5.84. The van der Waals surface area contributed by atoms with Crippen molar-refractivity contribution in [3.8, 4) is 0 Å². The zero-order chi connectivity index (χ0) is 14.7. The Morgan fingerprint density at radius 2 is 2.10 bits per heavy atom. The van der Waals surface area contributed by atoms with Crippen LogP contribution in [-0.2, 0) is 11.2 Å². The van der Waals surface area contributed by atoms with Gasteiger partial charge in [0.15, 0.2) is 0 Å². The number of ether oxygens (including phenoxy) is 1. The van der Waals surface area contributed by atoms with E-state index < -0.39 is 0 Å². The number of fused-ring (bicyclic) bond motifs is 1. The van der Waals surface area contributed by atoms with Gasteiger partial charge < -0.3 is 4.74 Å². The van der Waals surface area contributed by atoms with E-state index in [2.05, 4.69) is 34.8 Å². The Bertz CT molecular complexity index is 638. The molecule has 0 atom stereocenters. The Labute approximate surface area is 127 Å². The summed E-state index contributed by atoms with van der Waals surface area (Å²) in [5, 5.41) is 0.938. The molecule has 0 unspecified atom stereocenters. The molecule has 1 aromatic heterocycles. The van der Waals surface area contributed by atoms with E-state index in [0.717, 1.165) is 33.9 Å². The zero-order valence-electron chi connectivity index (χ0n) is 11.9. The van der Waals surface area contributed by atoms with Crippen LogP contribution in [0.1, 0.15) is 36.3 Å². The molecule has 0 aliphatic heterocycles. The molecule has 0 saturated carbocycles. The van der Waals surface area contributed by atoms with E-state index >= 15 is 0 Å². The van der Waals surface area contributed by atoms with Gasteiger partial charge in [-0.05, 0) is 43.0 Å². The molecule has 0 aliphatic carbocycles. The largest absolute Gasteiger partial charge is 0.465 e. The van der Waals surface area contributed by atoms with Crippen LogP contribution in [0.25, 0.3) is 10.9 Å². The first-order valence-electron chi connectivity index (χ1n) is 6.68. The molecule has 20 heavy (non-hydrogen) atoms. The number of methoxy groups -OCH3 is 1. The third kappa shape index (κ3) is 3.37. The first kappa shape index (κ1) is 15.0. The van der Waals surface area contributed by atoms with Gasteiger partial charge in [0.1, 0.15) is 0 Å². The molecule has 0 amide bonds. The fraction of sp³-hybridized carbons (Fsp3) is 0.375. The van der Waals surface area contributed by atoms with Gasteiger partial charge in [0, 0.05) is 9.86 Å². The van der Waals surface area contributed by atoms with E-state index in [4.69, 9.17) is 4.74 Å². The van der Waals surface area contributed by atoms with E-state index in [1.165, 1.54) is 7.11 Å². The molecule has 0 radical (unpaired) electrons. The third-order valence-electron chi connectivity index (χ3n) is 3.22. The fourth-order valence-electron chi connectivity index (χ4n) is 2.09. The topological polar surface area (TPSA) is 39.2 Å². The standard InChI is InChI=1S/C16H18BrNO2/c1-10(2)4-6-15-13(16(19)20-3)9-11-8-12(17)5-7-14(11)18-15/h5,7-10H,4,6H2,1-3H3. The van der Waals surface area contributed by atoms with Crippen molar-refractivity contribution in [2.45, 2.75) is 26.7 Å². The van der Waals surface area contributed by atoms with Crippen LogP contribution >= 0.6 is 15.9 Å². The molecule has 4 heteroatoms. The number of aryl methyl sites for hydroxylation is 1. The summed E-state index contributed by atoms with van der Waals surface area (Å²) in [6.45, 7) is 4.33. The number of hydrogen-bond acceptors (Lipinski definition) is 3. The van der Waals surface area contributed by atoms with Crippen LogP contribution in [0.15, 0.2) is 28.7 Å². The van der Waals surface area contributed by atoms with Crippen molar-refractivity contribution in [1.29, 1.82) is 0 Å². The molecule has 1 aromatic carbocycles. The Hall–Kier alpha value is -1.42. The Morgan fingerprint density at radius 1 is 1.35 bits per heavy atom. The summed E-state index contributed by atoms with van der Waals surface area (Å²) in [6, 6.07) is 7.74. The summed E-state index contributed by atoms with van der Waals surface area (Å²) in [4.78, 5) is 16.6. The lowest BCUT2D eigenvalue weighted by molar-refractivity contribution is 0.0599. The van der Waals surface area contributed by atoms with Crippen molar-refractivity contribution < 1.29 is 9.53 Å². The van der Waals surface area contributed by atoms with Crippen LogP contribution < -0.4 is 0 Å². The van der Waals surface area contributed by atoms with Gasteiger partial charge in [-0.25, -0.2) is 4.79 Å². The minimum Gasteiger partial charge on any atom is -0.465 e. The van der Waals surface area contributed by atoms with Crippen molar-refractivity contribution in [3.05, 3.63) is 40.0 Å². The molecule has 2 aromatic rings. The minimum absolute atomic E-state index is 0.321. The highest BCUT2D eigenvalue weighted by Crippen LogP contribution is 2.23. The van der Waals surface area contributed by atoms with Crippen LogP contribution in [0.3, 0.4) is 0 Å². The number of aromatic nitrogens is 1. The van der Waals surface area contributed by atoms with Crippen molar-refractivity contribution >= 4 is 32.8 Å². The smallest absolute Gasteiger partial charge is 0.339 e. The number of rotatable bonds is 4. The Morgan fingerprint density at radius 3 is 2.75 bits per heavy atom. The molecule has 3 nitrogen and oxygen atoms in total. The van der Waals surface area contributed by atoms with Crippen LogP contribution in [0, 0.1) is 5.92 Å². The molecule has 0 aliphatic rings.